The maximum Gasteiger partial charge on any atom is 0.0776 e. The fourth-order valence-corrected chi connectivity index (χ4v) is 1.50. The van der Waals surface area contributed by atoms with Gasteiger partial charge in [0.1, 0.15) is 0 Å². The number of rotatable bonds is 1. The quantitative estimate of drug-likeness (QED) is 0.712. The summed E-state index contributed by atoms with van der Waals surface area (Å²) in [6.07, 6.45) is -0.489. The van der Waals surface area contributed by atoms with Crippen LogP contribution in [0.1, 0.15) is 29.7 Å². The van der Waals surface area contributed by atoms with Gasteiger partial charge in [0.05, 0.1) is 6.10 Å². The van der Waals surface area contributed by atoms with Crippen molar-refractivity contribution in [3.05, 3.63) is 33.8 Å². The van der Waals surface area contributed by atoms with Crippen LogP contribution in [-0.2, 0) is 0 Å². The van der Waals surface area contributed by atoms with Gasteiger partial charge in [-0.15, -0.1) is 0 Å². The number of benzene rings is 1. The van der Waals surface area contributed by atoms with Crippen LogP contribution in [-0.4, -0.2) is 5.11 Å². The predicted octanol–water partition coefficient (Wildman–Crippen LogP) is 3.01. The Bertz CT molecular complexity index is 292. The molecule has 0 aliphatic carbocycles. The standard InChI is InChI=1S/C10H13ClO/c1-6-4-9(8(3)12)10(11)5-7(6)2/h4-5,8,12H,1-3H3/t8-/m1/s1. The zero-order valence-electron chi connectivity index (χ0n) is 7.56. The van der Waals surface area contributed by atoms with Gasteiger partial charge >= 0.3 is 0 Å². The van der Waals surface area contributed by atoms with Crippen molar-refractivity contribution in [1.29, 1.82) is 0 Å². The summed E-state index contributed by atoms with van der Waals surface area (Å²) in [6.45, 7) is 5.74. The summed E-state index contributed by atoms with van der Waals surface area (Å²) in [5, 5.41) is 9.98. The lowest BCUT2D eigenvalue weighted by molar-refractivity contribution is 0.199. The Morgan fingerprint density at radius 1 is 1.25 bits per heavy atom. The number of aryl methyl sites for hydroxylation is 2. The Morgan fingerprint density at radius 3 is 2.25 bits per heavy atom. The third kappa shape index (κ3) is 1.79. The zero-order valence-corrected chi connectivity index (χ0v) is 8.31. The molecule has 12 heavy (non-hydrogen) atoms. The van der Waals surface area contributed by atoms with E-state index in [1.807, 2.05) is 26.0 Å². The minimum atomic E-state index is -0.489. The molecule has 1 N–H and O–H groups in total. The topological polar surface area (TPSA) is 20.2 Å². The summed E-state index contributed by atoms with van der Waals surface area (Å²) in [5.41, 5.74) is 3.12. The predicted molar refractivity (Wildman–Crippen MR) is 51.6 cm³/mol. The first kappa shape index (κ1) is 9.56. The summed E-state index contributed by atoms with van der Waals surface area (Å²) in [4.78, 5) is 0. The van der Waals surface area contributed by atoms with Crippen molar-refractivity contribution in [2.45, 2.75) is 26.9 Å². The van der Waals surface area contributed by atoms with Crippen LogP contribution in [0.15, 0.2) is 12.1 Å². The molecule has 0 heterocycles. The van der Waals surface area contributed by atoms with Crippen LogP contribution in [0.4, 0.5) is 0 Å². The van der Waals surface area contributed by atoms with E-state index in [-0.39, 0.29) is 0 Å². The number of hydrogen-bond acceptors (Lipinski definition) is 1. The van der Waals surface area contributed by atoms with Gasteiger partial charge in [-0.25, -0.2) is 0 Å². The molecule has 0 spiro atoms. The minimum Gasteiger partial charge on any atom is -0.389 e. The van der Waals surface area contributed by atoms with Gasteiger partial charge in [-0.05, 0) is 43.5 Å². The van der Waals surface area contributed by atoms with Crippen molar-refractivity contribution in [3.63, 3.8) is 0 Å². The molecule has 0 aromatic heterocycles. The molecular formula is C10H13ClO. The van der Waals surface area contributed by atoms with E-state index < -0.39 is 6.10 Å². The van der Waals surface area contributed by atoms with Crippen molar-refractivity contribution in [1.82, 2.24) is 0 Å². The molecule has 0 saturated carbocycles. The van der Waals surface area contributed by atoms with E-state index in [0.717, 1.165) is 16.7 Å². The molecule has 1 nitrogen and oxygen atoms in total. The van der Waals surface area contributed by atoms with Gasteiger partial charge in [0.25, 0.3) is 0 Å². The Labute approximate surface area is 78.0 Å². The van der Waals surface area contributed by atoms with Crippen molar-refractivity contribution >= 4 is 11.6 Å². The second kappa shape index (κ2) is 3.46. The molecule has 1 aromatic rings. The zero-order chi connectivity index (χ0) is 9.30. The fraction of sp³-hybridized carbons (Fsp3) is 0.400. The molecule has 0 saturated heterocycles. The third-order valence-electron chi connectivity index (χ3n) is 2.06. The SMILES string of the molecule is Cc1cc(Cl)c([C@@H](C)O)cc1C. The summed E-state index contributed by atoms with van der Waals surface area (Å²) >= 11 is 5.94. The highest BCUT2D eigenvalue weighted by molar-refractivity contribution is 6.31. The largest absolute Gasteiger partial charge is 0.389 e. The molecule has 0 unspecified atom stereocenters. The minimum absolute atomic E-state index is 0.489. The van der Waals surface area contributed by atoms with E-state index in [1.165, 1.54) is 0 Å². The Hall–Kier alpha value is -0.530. The molecule has 0 bridgehead atoms. The fourth-order valence-electron chi connectivity index (χ4n) is 1.12. The number of aliphatic hydroxyl groups is 1. The second-order valence-corrected chi connectivity index (χ2v) is 3.54. The highest BCUT2D eigenvalue weighted by atomic mass is 35.5. The summed E-state index contributed by atoms with van der Waals surface area (Å²) in [7, 11) is 0. The van der Waals surface area contributed by atoms with Gasteiger partial charge in [-0.2, -0.15) is 0 Å². The average molecular weight is 185 g/mol. The van der Waals surface area contributed by atoms with Crippen LogP contribution in [0.5, 0.6) is 0 Å². The van der Waals surface area contributed by atoms with Gasteiger partial charge in [0.15, 0.2) is 0 Å². The van der Waals surface area contributed by atoms with E-state index >= 15 is 0 Å². The Kier molecular flexibility index (Phi) is 2.76. The average Bonchev–Trinajstić information content (AvgIpc) is 1.96. The monoisotopic (exact) mass is 184 g/mol. The Morgan fingerprint density at radius 2 is 1.75 bits per heavy atom. The highest BCUT2D eigenvalue weighted by Crippen LogP contribution is 2.25. The number of hydrogen-bond donors (Lipinski definition) is 1. The number of halogens is 1. The molecule has 0 radical (unpaired) electrons. The molecule has 2 heteroatoms. The molecule has 66 valence electrons. The number of aliphatic hydroxyl groups excluding tert-OH is 1. The maximum atomic E-state index is 9.34. The molecule has 1 rings (SSSR count). The molecular weight excluding hydrogens is 172 g/mol. The van der Waals surface area contributed by atoms with E-state index in [2.05, 4.69) is 0 Å². The van der Waals surface area contributed by atoms with E-state index in [4.69, 9.17) is 11.6 Å². The summed E-state index contributed by atoms with van der Waals surface area (Å²) in [5.74, 6) is 0. The second-order valence-electron chi connectivity index (χ2n) is 3.13. The molecule has 0 aliphatic heterocycles. The molecule has 1 atom stereocenters. The third-order valence-corrected chi connectivity index (χ3v) is 2.39. The van der Waals surface area contributed by atoms with E-state index in [1.54, 1.807) is 6.92 Å². The molecule has 0 fully saturated rings. The van der Waals surface area contributed by atoms with E-state index in [0.29, 0.717) is 5.02 Å². The van der Waals surface area contributed by atoms with Crippen LogP contribution in [0.2, 0.25) is 5.02 Å². The van der Waals surface area contributed by atoms with Gasteiger partial charge in [0, 0.05) is 5.02 Å². The lowest BCUT2D eigenvalue weighted by atomic mass is 10.0. The molecule has 0 aliphatic rings. The van der Waals surface area contributed by atoms with Crippen LogP contribution in [0, 0.1) is 13.8 Å². The van der Waals surface area contributed by atoms with Crippen LogP contribution >= 0.6 is 11.6 Å². The first-order chi connectivity index (χ1) is 5.52. The van der Waals surface area contributed by atoms with Gasteiger partial charge in [0.2, 0.25) is 0 Å². The lowest BCUT2D eigenvalue weighted by Crippen LogP contribution is -1.94. The molecule has 0 amide bonds. The van der Waals surface area contributed by atoms with Crippen LogP contribution < -0.4 is 0 Å². The van der Waals surface area contributed by atoms with E-state index in [9.17, 15) is 5.11 Å². The van der Waals surface area contributed by atoms with Gasteiger partial charge in [-0.3, -0.25) is 0 Å². The van der Waals surface area contributed by atoms with Crippen LogP contribution in [0.25, 0.3) is 0 Å². The summed E-state index contributed by atoms with van der Waals surface area (Å²) < 4.78 is 0. The smallest absolute Gasteiger partial charge is 0.0776 e. The maximum absolute atomic E-state index is 9.34. The van der Waals surface area contributed by atoms with Crippen LogP contribution in [0.3, 0.4) is 0 Å². The van der Waals surface area contributed by atoms with Crippen molar-refractivity contribution in [2.24, 2.45) is 0 Å². The lowest BCUT2D eigenvalue weighted by Gasteiger charge is -2.10. The normalized spacial score (nSPS) is 13.1. The van der Waals surface area contributed by atoms with Crippen molar-refractivity contribution in [3.8, 4) is 0 Å². The van der Waals surface area contributed by atoms with Crippen molar-refractivity contribution in [2.75, 3.05) is 0 Å². The summed E-state index contributed by atoms with van der Waals surface area (Å²) in [6, 6.07) is 3.82. The van der Waals surface area contributed by atoms with Gasteiger partial charge in [-0.1, -0.05) is 17.7 Å². The Balaban J connectivity index is 3.23. The highest BCUT2D eigenvalue weighted by Gasteiger charge is 2.07. The van der Waals surface area contributed by atoms with Gasteiger partial charge < -0.3 is 5.11 Å². The molecule has 1 aromatic carbocycles. The first-order valence-corrected chi connectivity index (χ1v) is 4.35. The first-order valence-electron chi connectivity index (χ1n) is 3.97. The van der Waals surface area contributed by atoms with Crippen molar-refractivity contribution < 1.29 is 5.11 Å².